The normalized spacial score (nSPS) is 10.1. The Morgan fingerprint density at radius 3 is 1.17 bits per heavy atom. The molecule has 0 aliphatic rings. The van der Waals surface area contributed by atoms with Gasteiger partial charge in [0, 0.05) is 6.42 Å². The third kappa shape index (κ3) is 33.0. The fraction of sp³-hybridized carbons (Fsp3) is 0.864. The van der Waals surface area contributed by atoms with Gasteiger partial charge in [-0.3, -0.25) is 4.79 Å². The molecular weight excluding hydrogens is 296 g/mol. The molecule has 24 heavy (non-hydrogen) atoms. The maximum Gasteiger partial charge on any atom is 0.303 e. The first kappa shape index (κ1) is 25.5. The standard InChI is InChI=1S/C18H36O2.C4H8/c1-2-3-4-5-6-7-8-9-10-11-12-13-14-15-16-17-18(19)20;1-4(2)3/h2-17H2,1H3,(H,19,20);1H2,2-3H3. The van der Waals surface area contributed by atoms with E-state index in [0.717, 1.165) is 12.8 Å². The van der Waals surface area contributed by atoms with Crippen LogP contribution in [0.5, 0.6) is 0 Å². The van der Waals surface area contributed by atoms with Crippen LogP contribution in [-0.4, -0.2) is 11.1 Å². The molecule has 2 nitrogen and oxygen atoms in total. The molecule has 0 saturated carbocycles. The summed E-state index contributed by atoms with van der Waals surface area (Å²) in [6, 6.07) is 0. The van der Waals surface area contributed by atoms with E-state index in [4.69, 9.17) is 5.11 Å². The fourth-order valence-electron chi connectivity index (χ4n) is 2.65. The molecule has 1 N–H and O–H groups in total. The number of carboxylic acid groups (broad SMARTS) is 1. The number of hydrogen-bond donors (Lipinski definition) is 1. The van der Waals surface area contributed by atoms with E-state index < -0.39 is 5.97 Å². The molecule has 144 valence electrons. The molecule has 0 fully saturated rings. The zero-order valence-corrected chi connectivity index (χ0v) is 16.9. The van der Waals surface area contributed by atoms with Gasteiger partial charge in [-0.1, -0.05) is 102 Å². The molecule has 0 aromatic rings. The minimum Gasteiger partial charge on any atom is -0.481 e. The van der Waals surface area contributed by atoms with E-state index >= 15 is 0 Å². The Bertz CT molecular complexity index is 267. The lowest BCUT2D eigenvalue weighted by Gasteiger charge is -2.03. The van der Waals surface area contributed by atoms with Crippen LogP contribution in [0.2, 0.25) is 0 Å². The molecule has 0 amide bonds. The van der Waals surface area contributed by atoms with E-state index in [1.807, 2.05) is 13.8 Å². The van der Waals surface area contributed by atoms with Crippen molar-refractivity contribution in [3.05, 3.63) is 12.2 Å². The molecule has 2 heteroatoms. The minimum atomic E-state index is -0.653. The van der Waals surface area contributed by atoms with Crippen molar-refractivity contribution in [1.29, 1.82) is 0 Å². The SMILES string of the molecule is C=C(C)C.CCCCCCCCCCCCCCCCCC(=O)O. The van der Waals surface area contributed by atoms with Crippen molar-refractivity contribution in [2.45, 2.75) is 124 Å². The van der Waals surface area contributed by atoms with E-state index in [-0.39, 0.29) is 0 Å². The van der Waals surface area contributed by atoms with Crippen LogP contribution in [0.4, 0.5) is 0 Å². The molecule has 0 aliphatic carbocycles. The largest absolute Gasteiger partial charge is 0.481 e. The Kier molecular flexibility index (Phi) is 23.6. The second-order valence-electron chi connectivity index (χ2n) is 7.30. The van der Waals surface area contributed by atoms with Crippen LogP contribution in [0.3, 0.4) is 0 Å². The highest BCUT2D eigenvalue weighted by Gasteiger charge is 1.97. The van der Waals surface area contributed by atoms with E-state index in [1.165, 1.54) is 89.0 Å². The first-order valence-electron chi connectivity index (χ1n) is 10.3. The first-order valence-corrected chi connectivity index (χ1v) is 10.3. The number of hydrogen-bond acceptors (Lipinski definition) is 1. The van der Waals surface area contributed by atoms with Gasteiger partial charge in [-0.25, -0.2) is 0 Å². The lowest BCUT2D eigenvalue weighted by Crippen LogP contribution is -1.93. The van der Waals surface area contributed by atoms with Gasteiger partial charge in [-0.15, -0.1) is 6.58 Å². The molecule has 0 unspecified atom stereocenters. The van der Waals surface area contributed by atoms with Crippen molar-refractivity contribution in [2.24, 2.45) is 0 Å². The van der Waals surface area contributed by atoms with Crippen LogP contribution >= 0.6 is 0 Å². The van der Waals surface area contributed by atoms with Crippen molar-refractivity contribution in [2.75, 3.05) is 0 Å². The number of rotatable bonds is 16. The number of allylic oxidation sites excluding steroid dienone is 1. The van der Waals surface area contributed by atoms with Gasteiger partial charge in [0.1, 0.15) is 0 Å². The summed E-state index contributed by atoms with van der Waals surface area (Å²) in [6.07, 6.45) is 20.2. The zero-order valence-electron chi connectivity index (χ0n) is 16.9. The zero-order chi connectivity index (χ0) is 18.5. The molecule has 0 aliphatic heterocycles. The lowest BCUT2D eigenvalue weighted by atomic mass is 10.0. The van der Waals surface area contributed by atoms with Crippen molar-refractivity contribution in [1.82, 2.24) is 0 Å². The number of carbonyl (C=O) groups is 1. The van der Waals surface area contributed by atoms with Gasteiger partial charge in [-0.2, -0.15) is 0 Å². The summed E-state index contributed by atoms with van der Waals surface area (Å²) < 4.78 is 0. The maximum absolute atomic E-state index is 10.3. The quantitative estimate of drug-likeness (QED) is 0.229. The molecule has 0 radical (unpaired) electrons. The maximum atomic E-state index is 10.3. The second-order valence-corrected chi connectivity index (χ2v) is 7.30. The van der Waals surface area contributed by atoms with E-state index in [1.54, 1.807) is 0 Å². The number of carboxylic acids is 1. The lowest BCUT2D eigenvalue weighted by molar-refractivity contribution is -0.137. The Hall–Kier alpha value is -0.790. The van der Waals surface area contributed by atoms with Gasteiger partial charge in [0.25, 0.3) is 0 Å². The number of unbranched alkanes of at least 4 members (excludes halogenated alkanes) is 14. The Morgan fingerprint density at radius 2 is 0.917 bits per heavy atom. The van der Waals surface area contributed by atoms with Crippen LogP contribution in [0.15, 0.2) is 12.2 Å². The van der Waals surface area contributed by atoms with Gasteiger partial charge in [0.2, 0.25) is 0 Å². The molecule has 0 bridgehead atoms. The summed E-state index contributed by atoms with van der Waals surface area (Å²) in [5.41, 5.74) is 1.17. The Balaban J connectivity index is 0. The monoisotopic (exact) mass is 340 g/mol. The average Bonchev–Trinajstić information content (AvgIpc) is 2.50. The Morgan fingerprint density at radius 1 is 0.667 bits per heavy atom. The van der Waals surface area contributed by atoms with Gasteiger partial charge < -0.3 is 5.11 Å². The van der Waals surface area contributed by atoms with Crippen molar-refractivity contribution >= 4 is 5.97 Å². The molecule has 0 saturated heterocycles. The third-order valence-electron chi connectivity index (χ3n) is 3.99. The van der Waals surface area contributed by atoms with E-state index in [2.05, 4.69) is 13.5 Å². The molecule has 0 rings (SSSR count). The number of aliphatic carboxylic acids is 1. The average molecular weight is 341 g/mol. The molecule has 0 aromatic heterocycles. The highest BCUT2D eigenvalue weighted by atomic mass is 16.4. The van der Waals surface area contributed by atoms with Crippen molar-refractivity contribution < 1.29 is 9.90 Å². The van der Waals surface area contributed by atoms with E-state index in [9.17, 15) is 4.79 Å². The van der Waals surface area contributed by atoms with Gasteiger partial charge in [-0.05, 0) is 20.3 Å². The molecule has 0 spiro atoms. The van der Waals surface area contributed by atoms with Crippen molar-refractivity contribution in [3.63, 3.8) is 0 Å². The Labute approximate surface area is 152 Å². The topological polar surface area (TPSA) is 37.3 Å². The summed E-state index contributed by atoms with van der Waals surface area (Å²) in [7, 11) is 0. The van der Waals surface area contributed by atoms with E-state index in [0.29, 0.717) is 6.42 Å². The smallest absolute Gasteiger partial charge is 0.303 e. The summed E-state index contributed by atoms with van der Waals surface area (Å²) in [5, 5.41) is 8.52. The molecule has 0 atom stereocenters. The minimum absolute atomic E-state index is 0.345. The molecule has 0 aromatic carbocycles. The first-order chi connectivity index (χ1) is 11.5. The summed E-state index contributed by atoms with van der Waals surface area (Å²) in [6.45, 7) is 9.77. The van der Waals surface area contributed by atoms with Crippen LogP contribution in [0.25, 0.3) is 0 Å². The van der Waals surface area contributed by atoms with Crippen LogP contribution in [-0.2, 0) is 4.79 Å². The van der Waals surface area contributed by atoms with Gasteiger partial charge in [0.15, 0.2) is 0 Å². The predicted molar refractivity (Wildman–Crippen MR) is 108 cm³/mol. The fourth-order valence-corrected chi connectivity index (χ4v) is 2.65. The third-order valence-corrected chi connectivity index (χ3v) is 3.99. The van der Waals surface area contributed by atoms with Crippen LogP contribution in [0.1, 0.15) is 124 Å². The highest BCUT2D eigenvalue weighted by molar-refractivity contribution is 5.66. The molecule has 0 heterocycles. The summed E-state index contributed by atoms with van der Waals surface area (Å²) in [5.74, 6) is -0.653. The van der Waals surface area contributed by atoms with Crippen LogP contribution < -0.4 is 0 Å². The van der Waals surface area contributed by atoms with Crippen LogP contribution in [0, 0.1) is 0 Å². The summed E-state index contributed by atoms with van der Waals surface area (Å²) >= 11 is 0. The van der Waals surface area contributed by atoms with Crippen molar-refractivity contribution in [3.8, 4) is 0 Å². The summed E-state index contributed by atoms with van der Waals surface area (Å²) in [4.78, 5) is 10.3. The van der Waals surface area contributed by atoms with Gasteiger partial charge in [0.05, 0.1) is 0 Å². The highest BCUT2D eigenvalue weighted by Crippen LogP contribution is 2.13. The second kappa shape index (κ2) is 22.2. The predicted octanol–water partition coefficient (Wildman–Crippen LogP) is 7.91. The van der Waals surface area contributed by atoms with Gasteiger partial charge >= 0.3 is 5.97 Å². The molecular formula is C22H44O2.